The summed E-state index contributed by atoms with van der Waals surface area (Å²) in [7, 11) is 0. The van der Waals surface area contributed by atoms with Crippen molar-refractivity contribution in [1.82, 2.24) is 4.98 Å². The molecular weight excluding hydrogens is 248 g/mol. The Labute approximate surface area is 111 Å². The molecule has 0 amide bonds. The van der Waals surface area contributed by atoms with Crippen LogP contribution in [-0.2, 0) is 0 Å². The largest absolute Gasteiger partial charge is 0.477 e. The fourth-order valence-corrected chi connectivity index (χ4v) is 3.19. The van der Waals surface area contributed by atoms with E-state index in [1.165, 1.54) is 12.8 Å². The minimum Gasteiger partial charge on any atom is -0.477 e. The van der Waals surface area contributed by atoms with Gasteiger partial charge >= 0.3 is 5.97 Å². The molecule has 1 aliphatic carbocycles. The van der Waals surface area contributed by atoms with Crippen molar-refractivity contribution in [2.24, 2.45) is 0 Å². The quantitative estimate of drug-likeness (QED) is 0.877. The third-order valence-corrected chi connectivity index (χ3v) is 4.40. The molecule has 18 heavy (non-hydrogen) atoms. The Kier molecular flexibility index (Phi) is 4.47. The monoisotopic (exact) mass is 266 g/mol. The first-order chi connectivity index (χ1) is 8.69. The topological polar surface area (TPSA) is 62.2 Å². The molecule has 1 fully saturated rings. The van der Waals surface area contributed by atoms with Crippen LogP contribution in [0.5, 0.6) is 0 Å². The highest BCUT2D eigenvalue weighted by molar-refractivity contribution is 7.99. The van der Waals surface area contributed by atoms with Crippen LogP contribution >= 0.6 is 11.8 Å². The molecule has 0 bridgehead atoms. The van der Waals surface area contributed by atoms with Crippen LogP contribution in [0.15, 0.2) is 18.3 Å². The Morgan fingerprint density at radius 2 is 2.39 bits per heavy atom. The van der Waals surface area contributed by atoms with Gasteiger partial charge in [-0.2, -0.15) is 11.8 Å². The number of pyridine rings is 1. The number of rotatable bonds is 4. The Balaban J connectivity index is 2.00. The zero-order chi connectivity index (χ0) is 13.0. The lowest BCUT2D eigenvalue weighted by atomic mass is 9.95. The SMILES string of the molecule is CSC1CCCC(Nc2ccnc(C(=O)O)c2)C1. The number of nitrogens with one attached hydrogen (secondary N) is 1. The van der Waals surface area contributed by atoms with Crippen LogP contribution < -0.4 is 5.32 Å². The standard InChI is InChI=1S/C13H18N2O2S/c1-18-11-4-2-3-9(7-11)15-10-5-6-14-12(8-10)13(16)17/h5-6,8-9,11H,2-4,7H2,1H3,(H,14,15)(H,16,17). The van der Waals surface area contributed by atoms with E-state index < -0.39 is 5.97 Å². The number of carbonyl (C=O) groups is 1. The number of carboxylic acid groups (broad SMARTS) is 1. The lowest BCUT2D eigenvalue weighted by Gasteiger charge is -2.29. The van der Waals surface area contributed by atoms with Gasteiger partial charge in [0.2, 0.25) is 0 Å². The van der Waals surface area contributed by atoms with E-state index in [0.717, 1.165) is 23.8 Å². The number of aromatic nitrogens is 1. The van der Waals surface area contributed by atoms with Crippen molar-refractivity contribution in [2.45, 2.75) is 37.0 Å². The highest BCUT2D eigenvalue weighted by Crippen LogP contribution is 2.28. The average molecular weight is 266 g/mol. The Bertz CT molecular complexity index is 425. The summed E-state index contributed by atoms with van der Waals surface area (Å²) < 4.78 is 0. The van der Waals surface area contributed by atoms with Crippen LogP contribution in [0.4, 0.5) is 5.69 Å². The zero-order valence-electron chi connectivity index (χ0n) is 10.4. The predicted molar refractivity (Wildman–Crippen MR) is 74.4 cm³/mol. The molecule has 0 aromatic carbocycles. The van der Waals surface area contributed by atoms with Crippen molar-refractivity contribution in [3.8, 4) is 0 Å². The first-order valence-corrected chi connectivity index (χ1v) is 7.46. The smallest absolute Gasteiger partial charge is 0.354 e. The van der Waals surface area contributed by atoms with E-state index in [1.807, 2.05) is 17.8 Å². The number of aromatic carboxylic acids is 1. The minimum absolute atomic E-state index is 0.0947. The second-order valence-electron chi connectivity index (χ2n) is 4.60. The molecular formula is C13H18N2O2S. The summed E-state index contributed by atoms with van der Waals surface area (Å²) in [6.45, 7) is 0. The lowest BCUT2D eigenvalue weighted by molar-refractivity contribution is 0.0690. The van der Waals surface area contributed by atoms with E-state index >= 15 is 0 Å². The Morgan fingerprint density at radius 3 is 3.11 bits per heavy atom. The third-order valence-electron chi connectivity index (χ3n) is 3.31. The van der Waals surface area contributed by atoms with Crippen molar-refractivity contribution in [2.75, 3.05) is 11.6 Å². The molecule has 2 unspecified atom stereocenters. The van der Waals surface area contributed by atoms with Gasteiger partial charge in [0.05, 0.1) is 0 Å². The van der Waals surface area contributed by atoms with Crippen molar-refractivity contribution >= 4 is 23.4 Å². The maximum atomic E-state index is 10.9. The van der Waals surface area contributed by atoms with Crippen LogP contribution in [0, 0.1) is 0 Å². The van der Waals surface area contributed by atoms with Gasteiger partial charge in [0.1, 0.15) is 5.69 Å². The van der Waals surface area contributed by atoms with Crippen LogP contribution in [-0.4, -0.2) is 33.6 Å². The van der Waals surface area contributed by atoms with Crippen LogP contribution in [0.25, 0.3) is 0 Å². The second-order valence-corrected chi connectivity index (χ2v) is 5.74. The van der Waals surface area contributed by atoms with Gasteiger partial charge in [-0.15, -0.1) is 0 Å². The van der Waals surface area contributed by atoms with Crippen molar-refractivity contribution in [3.63, 3.8) is 0 Å². The van der Waals surface area contributed by atoms with E-state index in [0.29, 0.717) is 6.04 Å². The first-order valence-electron chi connectivity index (χ1n) is 6.17. The molecule has 4 nitrogen and oxygen atoms in total. The lowest BCUT2D eigenvalue weighted by Crippen LogP contribution is -2.28. The molecule has 0 aliphatic heterocycles. The van der Waals surface area contributed by atoms with Gasteiger partial charge in [-0.05, 0) is 37.7 Å². The van der Waals surface area contributed by atoms with E-state index in [2.05, 4.69) is 16.6 Å². The zero-order valence-corrected chi connectivity index (χ0v) is 11.2. The van der Waals surface area contributed by atoms with E-state index in [1.54, 1.807) is 12.3 Å². The van der Waals surface area contributed by atoms with Crippen LogP contribution in [0.1, 0.15) is 36.2 Å². The van der Waals surface area contributed by atoms with Crippen LogP contribution in [0.3, 0.4) is 0 Å². The number of thioether (sulfide) groups is 1. The van der Waals surface area contributed by atoms with Crippen molar-refractivity contribution < 1.29 is 9.90 Å². The molecule has 1 heterocycles. The molecule has 1 aromatic rings. The van der Waals surface area contributed by atoms with Gasteiger partial charge in [-0.25, -0.2) is 9.78 Å². The summed E-state index contributed by atoms with van der Waals surface area (Å²) in [5, 5.41) is 13.0. The molecule has 2 rings (SSSR count). The predicted octanol–water partition coefficient (Wildman–Crippen LogP) is 2.87. The summed E-state index contributed by atoms with van der Waals surface area (Å²) in [4.78, 5) is 14.7. The number of hydrogen-bond acceptors (Lipinski definition) is 4. The van der Waals surface area contributed by atoms with Gasteiger partial charge in [0.15, 0.2) is 0 Å². The fourth-order valence-electron chi connectivity index (χ4n) is 2.36. The van der Waals surface area contributed by atoms with E-state index in [-0.39, 0.29) is 5.69 Å². The molecule has 5 heteroatoms. The van der Waals surface area contributed by atoms with E-state index in [9.17, 15) is 4.79 Å². The van der Waals surface area contributed by atoms with Crippen molar-refractivity contribution in [1.29, 1.82) is 0 Å². The van der Waals surface area contributed by atoms with Gasteiger partial charge in [0, 0.05) is 23.2 Å². The molecule has 2 atom stereocenters. The number of carboxylic acids is 1. The molecule has 98 valence electrons. The van der Waals surface area contributed by atoms with Gasteiger partial charge in [-0.3, -0.25) is 0 Å². The normalized spacial score (nSPS) is 23.6. The summed E-state index contributed by atoms with van der Waals surface area (Å²) in [6, 6.07) is 3.88. The third kappa shape index (κ3) is 3.38. The minimum atomic E-state index is -0.982. The maximum Gasteiger partial charge on any atom is 0.354 e. The van der Waals surface area contributed by atoms with Gasteiger partial charge in [0.25, 0.3) is 0 Å². The molecule has 1 aromatic heterocycles. The molecule has 1 aliphatic rings. The van der Waals surface area contributed by atoms with Gasteiger partial charge < -0.3 is 10.4 Å². The summed E-state index contributed by atoms with van der Waals surface area (Å²) in [5.74, 6) is -0.982. The Morgan fingerprint density at radius 1 is 1.56 bits per heavy atom. The number of hydrogen-bond donors (Lipinski definition) is 2. The highest BCUT2D eigenvalue weighted by Gasteiger charge is 2.21. The molecule has 2 N–H and O–H groups in total. The highest BCUT2D eigenvalue weighted by atomic mass is 32.2. The van der Waals surface area contributed by atoms with E-state index in [4.69, 9.17) is 5.11 Å². The summed E-state index contributed by atoms with van der Waals surface area (Å²) >= 11 is 1.92. The molecule has 0 radical (unpaired) electrons. The fraction of sp³-hybridized carbons (Fsp3) is 0.538. The second kappa shape index (κ2) is 6.09. The first kappa shape index (κ1) is 13.2. The van der Waals surface area contributed by atoms with Crippen LogP contribution in [0.2, 0.25) is 0 Å². The number of nitrogens with zero attached hydrogens (tertiary/aromatic N) is 1. The average Bonchev–Trinajstić information content (AvgIpc) is 2.39. The summed E-state index contributed by atoms with van der Waals surface area (Å²) in [5.41, 5.74) is 0.950. The molecule has 1 saturated carbocycles. The molecule has 0 spiro atoms. The summed E-state index contributed by atoms with van der Waals surface area (Å²) in [6.07, 6.45) is 8.52. The maximum absolute atomic E-state index is 10.9. The van der Waals surface area contributed by atoms with Gasteiger partial charge in [-0.1, -0.05) is 6.42 Å². The number of anilines is 1. The Hall–Kier alpha value is -1.23. The van der Waals surface area contributed by atoms with Crippen molar-refractivity contribution in [3.05, 3.63) is 24.0 Å². The molecule has 0 saturated heterocycles.